The van der Waals surface area contributed by atoms with Crippen molar-refractivity contribution in [3.05, 3.63) is 34.1 Å². The molecule has 0 spiro atoms. The summed E-state index contributed by atoms with van der Waals surface area (Å²) in [4.78, 5) is 41.1. The van der Waals surface area contributed by atoms with E-state index in [0.29, 0.717) is 28.3 Å². The highest BCUT2D eigenvalue weighted by molar-refractivity contribution is 7.99. The maximum atomic E-state index is 12.0. The van der Waals surface area contributed by atoms with Crippen LogP contribution in [0.4, 0.5) is 5.69 Å². The molecule has 0 radical (unpaired) electrons. The highest BCUT2D eigenvalue weighted by Crippen LogP contribution is 2.21. The quantitative estimate of drug-likeness (QED) is 0.650. The second-order valence-electron chi connectivity index (χ2n) is 5.25. The van der Waals surface area contributed by atoms with Gasteiger partial charge in [0.15, 0.2) is 0 Å². The molecule has 0 unspecified atom stereocenters. The van der Waals surface area contributed by atoms with Gasteiger partial charge in [-0.1, -0.05) is 0 Å². The molecule has 0 saturated heterocycles. The lowest BCUT2D eigenvalue weighted by Crippen LogP contribution is -2.29. The van der Waals surface area contributed by atoms with Gasteiger partial charge in [-0.3, -0.25) is 19.7 Å². The minimum atomic E-state index is -0.469. The predicted molar refractivity (Wildman–Crippen MR) is 88.5 cm³/mol. The second kappa shape index (κ2) is 6.40. The van der Waals surface area contributed by atoms with Gasteiger partial charge in [-0.2, -0.15) is 10.1 Å². The number of fused-ring (bicyclic) bond motifs is 1. The van der Waals surface area contributed by atoms with E-state index in [1.54, 1.807) is 13.0 Å². The molecular weight excluding hydrogens is 334 g/mol. The van der Waals surface area contributed by atoms with E-state index in [1.165, 1.54) is 23.9 Å². The number of hydrogen-bond donors (Lipinski definition) is 1. The molecule has 1 aliphatic heterocycles. The highest BCUT2D eigenvalue weighted by atomic mass is 32.2. The number of carbonyl (C=O) groups excluding carboxylic acids is 2. The molecule has 1 N–H and O–H groups in total. The molecular formula is C14H13N5O4S. The molecule has 24 heavy (non-hydrogen) atoms. The van der Waals surface area contributed by atoms with Crippen LogP contribution in [0.3, 0.4) is 0 Å². The number of carbonyl (C=O) groups is 2. The Balaban J connectivity index is 1.61. The Kier molecular flexibility index (Phi) is 4.30. The summed E-state index contributed by atoms with van der Waals surface area (Å²) in [6.07, 6.45) is 0.179. The predicted octanol–water partition coefficient (Wildman–Crippen LogP) is 1.84. The Morgan fingerprint density at radius 3 is 2.96 bits per heavy atom. The Bertz CT molecular complexity index is 875. The smallest absolute Gasteiger partial charge is 0.271 e. The zero-order chi connectivity index (χ0) is 17.3. The number of amides is 2. The number of nitrogens with zero attached hydrogens (tertiary/aromatic N) is 4. The molecule has 0 aliphatic carbocycles. The summed E-state index contributed by atoms with van der Waals surface area (Å²) >= 11 is 1.29. The van der Waals surface area contributed by atoms with Gasteiger partial charge in [-0.25, -0.2) is 4.98 Å². The first-order valence-corrected chi connectivity index (χ1v) is 8.20. The maximum Gasteiger partial charge on any atom is 0.271 e. The second-order valence-corrected chi connectivity index (χ2v) is 6.23. The van der Waals surface area contributed by atoms with E-state index in [2.05, 4.69) is 15.1 Å². The molecule has 0 fully saturated rings. The number of imidazole rings is 1. The normalized spacial score (nSPS) is 14.3. The average Bonchev–Trinajstić information content (AvgIpc) is 3.08. The summed E-state index contributed by atoms with van der Waals surface area (Å²) in [5.74, 6) is 0.442. The number of benzene rings is 1. The van der Waals surface area contributed by atoms with E-state index >= 15 is 0 Å². The summed E-state index contributed by atoms with van der Waals surface area (Å²) in [7, 11) is 0. The molecule has 0 atom stereocenters. The number of nitro benzene ring substituents is 1. The number of imide groups is 1. The Morgan fingerprint density at radius 2 is 2.29 bits per heavy atom. The van der Waals surface area contributed by atoms with Crippen molar-refractivity contribution >= 4 is 46.0 Å². The van der Waals surface area contributed by atoms with E-state index < -0.39 is 4.92 Å². The maximum absolute atomic E-state index is 12.0. The monoisotopic (exact) mass is 347 g/mol. The zero-order valence-corrected chi connectivity index (χ0v) is 13.5. The van der Waals surface area contributed by atoms with Gasteiger partial charge in [0.1, 0.15) is 5.82 Å². The van der Waals surface area contributed by atoms with Crippen molar-refractivity contribution in [1.82, 2.24) is 15.0 Å². The number of hydrazone groups is 1. The summed E-state index contributed by atoms with van der Waals surface area (Å²) in [6.45, 7) is 1.70. The van der Waals surface area contributed by atoms with Crippen LogP contribution in [0, 0.1) is 10.1 Å². The van der Waals surface area contributed by atoms with Crippen molar-refractivity contribution in [3.63, 3.8) is 0 Å². The van der Waals surface area contributed by atoms with Crippen molar-refractivity contribution < 1.29 is 14.5 Å². The number of hydrogen-bond acceptors (Lipinski definition) is 7. The molecule has 1 aromatic carbocycles. The van der Waals surface area contributed by atoms with Crippen LogP contribution < -0.4 is 0 Å². The Hall–Kier alpha value is -2.75. The first kappa shape index (κ1) is 16.1. The largest absolute Gasteiger partial charge is 0.341 e. The van der Waals surface area contributed by atoms with Crippen LogP contribution in [0.1, 0.15) is 19.2 Å². The van der Waals surface area contributed by atoms with E-state index in [4.69, 9.17) is 0 Å². The first-order valence-electron chi connectivity index (χ1n) is 7.04. The van der Waals surface area contributed by atoms with E-state index in [1.807, 2.05) is 0 Å². The molecule has 2 aromatic rings. The van der Waals surface area contributed by atoms with Crippen molar-refractivity contribution in [2.24, 2.45) is 5.10 Å². The fraction of sp³-hybridized carbons (Fsp3) is 0.286. The molecule has 10 heteroatoms. The number of thioether (sulfide) groups is 1. The number of nitro groups is 1. The Morgan fingerprint density at radius 1 is 1.50 bits per heavy atom. The van der Waals surface area contributed by atoms with Crippen LogP contribution in [0.5, 0.6) is 0 Å². The van der Waals surface area contributed by atoms with Gasteiger partial charge in [-0.05, 0) is 13.0 Å². The van der Waals surface area contributed by atoms with Crippen LogP contribution in [0.2, 0.25) is 0 Å². The minimum absolute atomic E-state index is 0.0127. The van der Waals surface area contributed by atoms with Crippen LogP contribution in [0.15, 0.2) is 23.3 Å². The van der Waals surface area contributed by atoms with Crippen molar-refractivity contribution in [2.45, 2.75) is 19.1 Å². The summed E-state index contributed by atoms with van der Waals surface area (Å²) in [6, 6.07) is 4.38. The van der Waals surface area contributed by atoms with Gasteiger partial charge in [0.05, 0.1) is 33.9 Å². The van der Waals surface area contributed by atoms with E-state index in [9.17, 15) is 19.7 Å². The van der Waals surface area contributed by atoms with E-state index in [-0.39, 0.29) is 29.7 Å². The number of H-pyrrole nitrogens is 1. The lowest BCUT2D eigenvalue weighted by Gasteiger charge is -2.08. The van der Waals surface area contributed by atoms with Crippen LogP contribution in [-0.4, -0.2) is 43.2 Å². The fourth-order valence-electron chi connectivity index (χ4n) is 2.28. The van der Waals surface area contributed by atoms with Gasteiger partial charge in [-0.15, -0.1) is 11.8 Å². The summed E-state index contributed by atoms with van der Waals surface area (Å²) < 4.78 is 0. The molecule has 9 nitrogen and oxygen atoms in total. The topological polar surface area (TPSA) is 122 Å². The molecule has 2 heterocycles. The molecule has 3 rings (SSSR count). The van der Waals surface area contributed by atoms with Gasteiger partial charge < -0.3 is 4.98 Å². The van der Waals surface area contributed by atoms with Crippen LogP contribution in [-0.2, 0) is 15.3 Å². The molecule has 1 aliphatic rings. The average molecular weight is 347 g/mol. The number of non-ortho nitro benzene ring substituents is 1. The third kappa shape index (κ3) is 3.27. The lowest BCUT2D eigenvalue weighted by molar-refractivity contribution is -0.384. The van der Waals surface area contributed by atoms with E-state index in [0.717, 1.165) is 5.01 Å². The highest BCUT2D eigenvalue weighted by Gasteiger charge is 2.26. The summed E-state index contributed by atoms with van der Waals surface area (Å²) in [5.41, 5.74) is 1.80. The fourth-order valence-corrected chi connectivity index (χ4v) is 3.01. The molecule has 0 saturated carbocycles. The van der Waals surface area contributed by atoms with Gasteiger partial charge in [0.2, 0.25) is 0 Å². The molecule has 2 amide bonds. The van der Waals surface area contributed by atoms with Gasteiger partial charge in [0, 0.05) is 17.8 Å². The van der Waals surface area contributed by atoms with Crippen molar-refractivity contribution in [3.8, 4) is 0 Å². The van der Waals surface area contributed by atoms with Crippen molar-refractivity contribution in [2.75, 3.05) is 5.75 Å². The van der Waals surface area contributed by atoms with Crippen molar-refractivity contribution in [1.29, 1.82) is 0 Å². The summed E-state index contributed by atoms with van der Waals surface area (Å²) in [5, 5.41) is 15.6. The molecule has 0 bridgehead atoms. The van der Waals surface area contributed by atoms with Gasteiger partial charge in [0.25, 0.3) is 17.5 Å². The Labute approximate surface area is 140 Å². The molecule has 1 aromatic heterocycles. The van der Waals surface area contributed by atoms with Crippen LogP contribution >= 0.6 is 11.8 Å². The number of nitrogens with one attached hydrogen (secondary N) is 1. The third-order valence-corrected chi connectivity index (χ3v) is 4.27. The molecule has 124 valence electrons. The lowest BCUT2D eigenvalue weighted by atomic mass is 10.3. The minimum Gasteiger partial charge on any atom is -0.341 e. The first-order chi connectivity index (χ1) is 11.4. The number of aromatic amines is 1. The standard InChI is InChI=1S/C14H13N5O4S/c1-8-4-13(20)18(17-8)14(21)7-24-6-12-15-10-3-2-9(19(22)23)5-11(10)16-12/h2-3,5H,4,6-7H2,1H3,(H,15,16). The number of aromatic nitrogens is 2. The third-order valence-electron chi connectivity index (χ3n) is 3.34. The van der Waals surface area contributed by atoms with Crippen LogP contribution in [0.25, 0.3) is 11.0 Å². The van der Waals surface area contributed by atoms with Gasteiger partial charge >= 0.3 is 0 Å². The SMILES string of the molecule is CC1=NN(C(=O)CSCc2nc3ccc([N+](=O)[O-])cc3[nH]2)C(=O)C1. The number of rotatable bonds is 5. The zero-order valence-electron chi connectivity index (χ0n) is 12.7.